The van der Waals surface area contributed by atoms with Crippen molar-refractivity contribution >= 4 is 6.09 Å². The predicted octanol–water partition coefficient (Wildman–Crippen LogP) is 2.49. The Labute approximate surface area is 141 Å². The zero-order chi connectivity index (χ0) is 16.9. The highest BCUT2D eigenvalue weighted by Crippen LogP contribution is 2.42. The quantitative estimate of drug-likeness (QED) is 0.739. The van der Waals surface area contributed by atoms with E-state index in [1.54, 1.807) is 4.90 Å². The molecule has 4 rings (SSSR count). The van der Waals surface area contributed by atoms with E-state index in [0.29, 0.717) is 13.2 Å². The lowest BCUT2D eigenvalue weighted by atomic mass is 9.98. The number of carbonyl (C=O) groups excluding carboxylic acids is 1. The van der Waals surface area contributed by atoms with E-state index in [4.69, 9.17) is 18.9 Å². The fourth-order valence-corrected chi connectivity index (χ4v) is 3.35. The minimum atomic E-state index is -0.531. The smallest absolute Gasteiger partial charge is 0.410 e. The summed E-state index contributed by atoms with van der Waals surface area (Å²) < 4.78 is 23.3. The maximum absolute atomic E-state index is 12.5. The Morgan fingerprint density at radius 1 is 1.17 bits per heavy atom. The van der Waals surface area contributed by atoms with Crippen molar-refractivity contribution in [2.45, 2.75) is 57.0 Å². The summed E-state index contributed by atoms with van der Waals surface area (Å²) in [5, 5.41) is 0. The Hall–Kier alpha value is -1.63. The van der Waals surface area contributed by atoms with Gasteiger partial charge in [0.15, 0.2) is 6.29 Å². The zero-order valence-corrected chi connectivity index (χ0v) is 14.2. The molecule has 3 saturated heterocycles. The number of carbonyl (C=O) groups is 1. The number of nitrogens with zero attached hydrogens (tertiary/aromatic N) is 1. The predicted molar refractivity (Wildman–Crippen MR) is 85.4 cm³/mol. The lowest BCUT2D eigenvalue weighted by Gasteiger charge is -2.44. The van der Waals surface area contributed by atoms with Crippen molar-refractivity contribution in [3.05, 3.63) is 35.9 Å². The van der Waals surface area contributed by atoms with Gasteiger partial charge in [0.1, 0.15) is 23.9 Å². The van der Waals surface area contributed by atoms with Gasteiger partial charge in [-0.05, 0) is 20.8 Å². The zero-order valence-electron chi connectivity index (χ0n) is 14.2. The van der Waals surface area contributed by atoms with Crippen LogP contribution < -0.4 is 0 Å². The first-order valence-electron chi connectivity index (χ1n) is 8.39. The molecule has 0 spiro atoms. The van der Waals surface area contributed by atoms with Crippen LogP contribution in [0.3, 0.4) is 0 Å². The van der Waals surface area contributed by atoms with Gasteiger partial charge in [-0.1, -0.05) is 30.3 Å². The second-order valence-electron chi connectivity index (χ2n) is 7.52. The molecule has 0 N–H and O–H groups in total. The van der Waals surface area contributed by atoms with Gasteiger partial charge in [0.25, 0.3) is 0 Å². The molecule has 24 heavy (non-hydrogen) atoms. The Kier molecular flexibility index (Phi) is 3.78. The Morgan fingerprint density at radius 3 is 2.62 bits per heavy atom. The van der Waals surface area contributed by atoms with Crippen LogP contribution in [-0.2, 0) is 18.9 Å². The van der Waals surface area contributed by atoms with E-state index in [-0.39, 0.29) is 30.4 Å². The lowest BCUT2D eigenvalue weighted by Crippen LogP contribution is -2.60. The van der Waals surface area contributed by atoms with Crippen molar-refractivity contribution in [1.82, 2.24) is 4.90 Å². The van der Waals surface area contributed by atoms with Crippen LogP contribution in [0.25, 0.3) is 0 Å². The van der Waals surface area contributed by atoms with Gasteiger partial charge in [-0.3, -0.25) is 4.90 Å². The van der Waals surface area contributed by atoms with Crippen molar-refractivity contribution < 1.29 is 23.7 Å². The molecule has 3 heterocycles. The van der Waals surface area contributed by atoms with Gasteiger partial charge in [-0.25, -0.2) is 4.79 Å². The average Bonchev–Trinajstić information content (AvgIpc) is 3.32. The maximum atomic E-state index is 12.5. The number of epoxide rings is 1. The van der Waals surface area contributed by atoms with Gasteiger partial charge in [-0.15, -0.1) is 0 Å². The Bertz CT molecular complexity index is 614. The standard InChI is InChI=1S/C18H23NO5/c1-18(2,3)24-17(20)19-9-13-15(22-13)14-12(19)10-21-16(23-14)11-7-5-4-6-8-11/h4-8,12-16H,9-10H2,1-3H3/t12-,13+,14-,15+,16?/m1/s1. The van der Waals surface area contributed by atoms with Crippen molar-refractivity contribution in [3.8, 4) is 0 Å². The molecule has 3 aliphatic rings. The van der Waals surface area contributed by atoms with Crippen molar-refractivity contribution in [1.29, 1.82) is 0 Å². The summed E-state index contributed by atoms with van der Waals surface area (Å²) in [6.07, 6.45) is -0.861. The van der Waals surface area contributed by atoms with E-state index in [1.165, 1.54) is 0 Å². The highest BCUT2D eigenvalue weighted by Gasteiger charge is 2.59. The molecule has 5 atom stereocenters. The minimum absolute atomic E-state index is 0.0355. The van der Waals surface area contributed by atoms with E-state index in [0.717, 1.165) is 5.56 Å². The first-order chi connectivity index (χ1) is 11.4. The second-order valence-corrected chi connectivity index (χ2v) is 7.52. The number of amides is 1. The number of piperidine rings is 1. The highest BCUT2D eigenvalue weighted by molar-refractivity contribution is 5.69. The Morgan fingerprint density at radius 2 is 1.92 bits per heavy atom. The molecule has 0 saturated carbocycles. The summed E-state index contributed by atoms with van der Waals surface area (Å²) in [4.78, 5) is 14.2. The molecule has 1 aromatic carbocycles. The molecule has 0 aromatic heterocycles. The molecule has 130 valence electrons. The monoisotopic (exact) mass is 333 g/mol. The van der Waals surface area contributed by atoms with Crippen LogP contribution in [0.2, 0.25) is 0 Å². The fourth-order valence-electron chi connectivity index (χ4n) is 3.35. The molecule has 6 heteroatoms. The van der Waals surface area contributed by atoms with Crippen LogP contribution in [0.1, 0.15) is 32.6 Å². The third kappa shape index (κ3) is 3.01. The topological polar surface area (TPSA) is 60.5 Å². The number of fused-ring (bicyclic) bond motifs is 3. The summed E-state index contributed by atoms with van der Waals surface area (Å²) in [6, 6.07) is 9.65. The summed E-state index contributed by atoms with van der Waals surface area (Å²) >= 11 is 0. The van der Waals surface area contributed by atoms with Crippen molar-refractivity contribution in [2.75, 3.05) is 13.2 Å². The normalized spacial score (nSPS) is 35.0. The van der Waals surface area contributed by atoms with Gasteiger partial charge in [-0.2, -0.15) is 0 Å². The molecular formula is C18H23NO5. The Balaban J connectivity index is 1.50. The van der Waals surface area contributed by atoms with E-state index in [9.17, 15) is 4.79 Å². The molecule has 3 aliphatic heterocycles. The largest absolute Gasteiger partial charge is 0.444 e. The molecule has 1 unspecified atom stereocenters. The molecule has 0 bridgehead atoms. The third-order valence-corrected chi connectivity index (χ3v) is 4.50. The van der Waals surface area contributed by atoms with E-state index in [1.807, 2.05) is 51.1 Å². The van der Waals surface area contributed by atoms with Crippen LogP contribution in [0.5, 0.6) is 0 Å². The third-order valence-electron chi connectivity index (χ3n) is 4.50. The fraction of sp³-hybridized carbons (Fsp3) is 0.611. The minimum Gasteiger partial charge on any atom is -0.444 e. The van der Waals surface area contributed by atoms with E-state index < -0.39 is 11.9 Å². The number of ether oxygens (including phenoxy) is 4. The SMILES string of the molecule is CC(C)(C)OC(=O)N1C[C@@H]2O[C@@H]2[C@@H]2OC(c3ccccc3)OC[C@H]21. The lowest BCUT2D eigenvalue weighted by molar-refractivity contribution is -0.248. The molecule has 0 aliphatic carbocycles. The first kappa shape index (κ1) is 15.9. The molecule has 1 aromatic rings. The van der Waals surface area contributed by atoms with Gasteiger partial charge in [0, 0.05) is 5.56 Å². The van der Waals surface area contributed by atoms with Gasteiger partial charge in [0.05, 0.1) is 19.2 Å². The molecule has 0 radical (unpaired) electrons. The van der Waals surface area contributed by atoms with Crippen molar-refractivity contribution in [3.63, 3.8) is 0 Å². The van der Waals surface area contributed by atoms with E-state index in [2.05, 4.69) is 0 Å². The number of hydrogen-bond acceptors (Lipinski definition) is 5. The molecule has 3 fully saturated rings. The van der Waals surface area contributed by atoms with Gasteiger partial charge in [0.2, 0.25) is 0 Å². The number of likely N-dealkylation sites (tertiary alicyclic amines) is 1. The summed E-state index contributed by atoms with van der Waals surface area (Å²) in [5.74, 6) is 0. The van der Waals surface area contributed by atoms with E-state index >= 15 is 0 Å². The molecule has 6 nitrogen and oxygen atoms in total. The number of hydrogen-bond donors (Lipinski definition) is 0. The number of benzene rings is 1. The van der Waals surface area contributed by atoms with Crippen LogP contribution in [-0.4, -0.2) is 54.1 Å². The van der Waals surface area contributed by atoms with Crippen LogP contribution in [0, 0.1) is 0 Å². The van der Waals surface area contributed by atoms with Crippen molar-refractivity contribution in [2.24, 2.45) is 0 Å². The summed E-state index contributed by atoms with van der Waals surface area (Å²) in [7, 11) is 0. The van der Waals surface area contributed by atoms with Crippen LogP contribution in [0.4, 0.5) is 4.79 Å². The maximum Gasteiger partial charge on any atom is 0.410 e. The van der Waals surface area contributed by atoms with Crippen LogP contribution in [0.15, 0.2) is 30.3 Å². The average molecular weight is 333 g/mol. The van der Waals surface area contributed by atoms with Gasteiger partial charge < -0.3 is 18.9 Å². The molecule has 1 amide bonds. The summed E-state index contributed by atoms with van der Waals surface area (Å²) in [5.41, 5.74) is 0.444. The molecular weight excluding hydrogens is 310 g/mol. The summed E-state index contributed by atoms with van der Waals surface area (Å²) in [6.45, 7) is 6.53. The highest BCUT2D eigenvalue weighted by atomic mass is 16.7. The van der Waals surface area contributed by atoms with Gasteiger partial charge >= 0.3 is 6.09 Å². The van der Waals surface area contributed by atoms with Crippen LogP contribution >= 0.6 is 0 Å². The first-order valence-corrected chi connectivity index (χ1v) is 8.39. The number of rotatable bonds is 1. The second kappa shape index (κ2) is 5.72.